The minimum atomic E-state index is -4.73. The van der Waals surface area contributed by atoms with E-state index in [9.17, 15) is 35.9 Å². The summed E-state index contributed by atoms with van der Waals surface area (Å²) >= 11 is 5.66. The first-order valence-corrected chi connectivity index (χ1v) is 9.98. The number of amides is 2. The second-order valence-electron chi connectivity index (χ2n) is 7.13. The van der Waals surface area contributed by atoms with E-state index in [1.807, 2.05) is 0 Å². The van der Waals surface area contributed by atoms with Crippen molar-refractivity contribution in [1.82, 2.24) is 4.90 Å². The molecule has 0 aliphatic heterocycles. The van der Waals surface area contributed by atoms with Gasteiger partial charge in [0.2, 0.25) is 5.91 Å². The van der Waals surface area contributed by atoms with Crippen LogP contribution in [0.15, 0.2) is 60.7 Å². The van der Waals surface area contributed by atoms with Gasteiger partial charge in [-0.15, -0.1) is 0 Å². The van der Waals surface area contributed by atoms with Crippen LogP contribution in [0, 0.1) is 17.5 Å². The van der Waals surface area contributed by atoms with Crippen molar-refractivity contribution in [3.8, 4) is 0 Å². The van der Waals surface area contributed by atoms with Gasteiger partial charge in [-0.25, -0.2) is 13.2 Å². The number of hydrogen-bond donors (Lipinski definition) is 1. The summed E-state index contributed by atoms with van der Waals surface area (Å²) in [5, 5.41) is 2.08. The van der Waals surface area contributed by atoms with Crippen molar-refractivity contribution in [1.29, 1.82) is 0 Å². The van der Waals surface area contributed by atoms with E-state index in [-0.39, 0.29) is 16.3 Å². The Hall–Kier alpha value is -3.53. The molecule has 0 radical (unpaired) electrons. The number of rotatable bonds is 6. The smallest absolute Gasteiger partial charge is 0.325 e. The highest BCUT2D eigenvalue weighted by atomic mass is 35.5. The highest BCUT2D eigenvalue weighted by Gasteiger charge is 2.31. The molecular formula is C23H15ClF6N2O2. The summed E-state index contributed by atoms with van der Waals surface area (Å²) in [5.41, 5.74) is -1.72. The Morgan fingerprint density at radius 1 is 0.912 bits per heavy atom. The van der Waals surface area contributed by atoms with Gasteiger partial charge in [-0.1, -0.05) is 29.8 Å². The number of nitrogens with one attached hydrogen (secondary N) is 1. The summed E-state index contributed by atoms with van der Waals surface area (Å²) in [4.78, 5) is 26.3. The zero-order chi connectivity index (χ0) is 25.0. The molecule has 0 aromatic heterocycles. The average Bonchev–Trinajstić information content (AvgIpc) is 2.78. The van der Waals surface area contributed by atoms with Gasteiger partial charge in [-0.2, -0.15) is 13.2 Å². The van der Waals surface area contributed by atoms with E-state index in [0.29, 0.717) is 6.07 Å². The second-order valence-corrected chi connectivity index (χ2v) is 7.54. The Balaban J connectivity index is 1.90. The van der Waals surface area contributed by atoms with Crippen molar-refractivity contribution in [2.24, 2.45) is 0 Å². The SMILES string of the molecule is O=C(CN(Cc1cccc(F)c1F)C(=O)c1cccc(C(F)(F)F)c1)Nc1ccc(F)c(Cl)c1. The predicted molar refractivity (Wildman–Crippen MR) is 113 cm³/mol. The summed E-state index contributed by atoms with van der Waals surface area (Å²) in [5.74, 6) is -5.06. The van der Waals surface area contributed by atoms with Gasteiger partial charge in [-0.3, -0.25) is 9.59 Å². The third-order valence-electron chi connectivity index (χ3n) is 4.65. The van der Waals surface area contributed by atoms with Gasteiger partial charge in [-0.05, 0) is 42.5 Å². The molecule has 3 aromatic carbocycles. The molecule has 0 spiro atoms. The number of alkyl halides is 3. The summed E-state index contributed by atoms with van der Waals surface area (Å²) in [6.45, 7) is -1.35. The van der Waals surface area contributed by atoms with Gasteiger partial charge < -0.3 is 10.2 Å². The van der Waals surface area contributed by atoms with E-state index in [0.717, 1.165) is 41.3 Å². The molecule has 178 valence electrons. The molecule has 0 fully saturated rings. The maximum absolute atomic E-state index is 14.2. The molecule has 3 aromatic rings. The third kappa shape index (κ3) is 6.07. The van der Waals surface area contributed by atoms with Crippen LogP contribution in [-0.2, 0) is 17.5 Å². The molecule has 0 aliphatic rings. The van der Waals surface area contributed by atoms with E-state index in [1.165, 1.54) is 18.2 Å². The molecule has 1 N–H and O–H groups in total. The lowest BCUT2D eigenvalue weighted by molar-refractivity contribution is -0.137. The van der Waals surface area contributed by atoms with Crippen LogP contribution >= 0.6 is 11.6 Å². The predicted octanol–water partition coefficient (Wildman–Crippen LogP) is 6.06. The Bertz CT molecular complexity index is 1230. The number of benzene rings is 3. The topological polar surface area (TPSA) is 49.4 Å². The molecule has 11 heteroatoms. The third-order valence-corrected chi connectivity index (χ3v) is 4.94. The van der Waals surface area contributed by atoms with Gasteiger partial charge in [0.25, 0.3) is 5.91 Å². The van der Waals surface area contributed by atoms with E-state index < -0.39 is 59.7 Å². The Kier molecular flexibility index (Phi) is 7.51. The van der Waals surface area contributed by atoms with Crippen LogP contribution in [0.1, 0.15) is 21.5 Å². The fourth-order valence-electron chi connectivity index (χ4n) is 3.03. The number of halogens is 7. The first-order chi connectivity index (χ1) is 16.0. The van der Waals surface area contributed by atoms with E-state index >= 15 is 0 Å². The average molecular weight is 501 g/mol. The largest absolute Gasteiger partial charge is 0.416 e. The zero-order valence-corrected chi connectivity index (χ0v) is 17.9. The maximum atomic E-state index is 14.2. The standard InChI is InChI=1S/C23H15ClF6N2O2/c24-17-10-16(7-8-18(17)25)31-20(33)12-32(11-14-4-2-6-19(26)21(14)27)22(34)13-3-1-5-15(9-13)23(28,29)30/h1-10H,11-12H2,(H,31,33). The van der Waals surface area contributed by atoms with Crippen LogP contribution in [0.25, 0.3) is 0 Å². The molecule has 0 atom stereocenters. The van der Waals surface area contributed by atoms with Crippen LogP contribution in [0.4, 0.5) is 32.0 Å². The number of carbonyl (C=O) groups is 2. The van der Waals surface area contributed by atoms with E-state index in [2.05, 4.69) is 5.32 Å². The summed E-state index contributed by atoms with van der Waals surface area (Å²) in [7, 11) is 0. The van der Waals surface area contributed by atoms with Crippen LogP contribution in [0.5, 0.6) is 0 Å². The molecule has 0 saturated heterocycles. The lowest BCUT2D eigenvalue weighted by atomic mass is 10.1. The fourth-order valence-corrected chi connectivity index (χ4v) is 3.22. The van der Waals surface area contributed by atoms with Crippen LogP contribution < -0.4 is 5.32 Å². The molecule has 2 amide bonds. The lowest BCUT2D eigenvalue weighted by Crippen LogP contribution is -2.38. The lowest BCUT2D eigenvalue weighted by Gasteiger charge is -2.23. The van der Waals surface area contributed by atoms with Crippen molar-refractivity contribution in [2.45, 2.75) is 12.7 Å². The van der Waals surface area contributed by atoms with E-state index in [4.69, 9.17) is 11.6 Å². The highest BCUT2D eigenvalue weighted by Crippen LogP contribution is 2.30. The number of nitrogens with zero attached hydrogens (tertiary/aromatic N) is 1. The van der Waals surface area contributed by atoms with E-state index in [1.54, 1.807) is 0 Å². The van der Waals surface area contributed by atoms with Gasteiger partial charge >= 0.3 is 6.18 Å². The Morgan fingerprint density at radius 2 is 1.62 bits per heavy atom. The van der Waals surface area contributed by atoms with Crippen molar-refractivity contribution in [2.75, 3.05) is 11.9 Å². The summed E-state index contributed by atoms with van der Waals surface area (Å²) in [6.07, 6.45) is -4.73. The fraction of sp³-hybridized carbons (Fsp3) is 0.130. The summed E-state index contributed by atoms with van der Waals surface area (Å²) in [6, 6.07) is 9.97. The van der Waals surface area contributed by atoms with Gasteiger partial charge in [0.1, 0.15) is 12.4 Å². The number of carbonyl (C=O) groups excluding carboxylic acids is 2. The van der Waals surface area contributed by atoms with Crippen molar-refractivity contribution < 1.29 is 35.9 Å². The Morgan fingerprint density at radius 3 is 2.29 bits per heavy atom. The van der Waals surface area contributed by atoms with Gasteiger partial charge in [0.05, 0.1) is 10.6 Å². The second kappa shape index (κ2) is 10.2. The maximum Gasteiger partial charge on any atom is 0.416 e. The van der Waals surface area contributed by atoms with Crippen LogP contribution in [0.3, 0.4) is 0 Å². The molecule has 0 saturated carbocycles. The molecule has 3 rings (SSSR count). The minimum absolute atomic E-state index is 0.0832. The number of anilines is 1. The van der Waals surface area contributed by atoms with Crippen LogP contribution in [0.2, 0.25) is 5.02 Å². The van der Waals surface area contributed by atoms with Crippen molar-refractivity contribution in [3.05, 3.63) is 99.8 Å². The molecule has 0 aliphatic carbocycles. The highest BCUT2D eigenvalue weighted by molar-refractivity contribution is 6.31. The zero-order valence-electron chi connectivity index (χ0n) is 17.1. The van der Waals surface area contributed by atoms with Crippen LogP contribution in [-0.4, -0.2) is 23.3 Å². The van der Waals surface area contributed by atoms with Gasteiger partial charge in [0.15, 0.2) is 11.6 Å². The normalized spacial score (nSPS) is 11.3. The first-order valence-electron chi connectivity index (χ1n) is 9.60. The minimum Gasteiger partial charge on any atom is -0.325 e. The molecule has 0 bridgehead atoms. The molecule has 0 heterocycles. The molecule has 4 nitrogen and oxygen atoms in total. The summed E-state index contributed by atoms with van der Waals surface area (Å²) < 4.78 is 80.4. The molecule has 34 heavy (non-hydrogen) atoms. The van der Waals surface area contributed by atoms with Gasteiger partial charge in [0, 0.05) is 23.4 Å². The first kappa shape index (κ1) is 25.1. The number of hydrogen-bond acceptors (Lipinski definition) is 2. The Labute approximate surface area is 194 Å². The monoisotopic (exact) mass is 500 g/mol. The van der Waals surface area contributed by atoms with Crippen molar-refractivity contribution in [3.63, 3.8) is 0 Å². The van der Waals surface area contributed by atoms with Crippen molar-refractivity contribution >= 4 is 29.1 Å². The quantitative estimate of drug-likeness (QED) is 0.418. The molecular weight excluding hydrogens is 486 g/mol. The molecule has 0 unspecified atom stereocenters.